The highest BCUT2D eigenvalue weighted by atomic mass is 14.8. The molecule has 11 aromatic rings. The Hall–Kier alpha value is -7.16. The Bertz CT molecular complexity index is 3290. The van der Waals surface area contributed by atoms with Crippen molar-refractivity contribution in [3.05, 3.63) is 194 Å². The molecular weight excluding hydrogens is 653 g/mol. The van der Waals surface area contributed by atoms with Crippen molar-refractivity contribution in [2.75, 3.05) is 0 Å². The number of aromatic nitrogens is 2. The van der Waals surface area contributed by atoms with Gasteiger partial charge in [-0.25, -0.2) is 4.98 Å². The summed E-state index contributed by atoms with van der Waals surface area (Å²) in [6.45, 7) is 0. The SMILES string of the molecule is c1ccc2cc(-c3c4ccccc4c(-c4ccc5ccccc5c4)c4cc(-c5ccnc(-c6nc7ccccc7c7ccccc67)c5)ccc34)ccc2c1. The van der Waals surface area contributed by atoms with Crippen molar-refractivity contribution >= 4 is 64.8 Å². The standard InChI is InChI=1S/C52H32N2/c1-3-13-35-29-39(23-21-33(35)11-1)50-43-17-6-7-18-44(43)51(40-24-22-34-12-2-4-14-36(34)30-40)47-31-37(25-26-45(47)50)38-27-28-53-49(32-38)52-46-19-8-5-15-41(46)42-16-9-10-20-48(42)54-52/h1-32H. The van der Waals surface area contributed by atoms with Crippen LogP contribution >= 0.6 is 0 Å². The number of hydrogen-bond donors (Lipinski definition) is 0. The molecule has 9 aromatic carbocycles. The predicted octanol–water partition coefficient (Wildman–Crippen LogP) is 14.1. The van der Waals surface area contributed by atoms with Crippen molar-refractivity contribution in [2.45, 2.75) is 0 Å². The Labute approximate surface area is 312 Å². The van der Waals surface area contributed by atoms with E-state index in [0.717, 1.165) is 38.8 Å². The lowest BCUT2D eigenvalue weighted by molar-refractivity contribution is 1.29. The first kappa shape index (κ1) is 30.5. The largest absolute Gasteiger partial charge is 0.255 e. The van der Waals surface area contributed by atoms with Crippen molar-refractivity contribution < 1.29 is 0 Å². The monoisotopic (exact) mass is 684 g/mol. The summed E-state index contributed by atoms with van der Waals surface area (Å²) in [5, 5.41) is 13.3. The first-order valence-corrected chi connectivity index (χ1v) is 18.5. The number of benzene rings is 9. The topological polar surface area (TPSA) is 25.8 Å². The van der Waals surface area contributed by atoms with Gasteiger partial charge >= 0.3 is 0 Å². The van der Waals surface area contributed by atoms with Gasteiger partial charge in [-0.3, -0.25) is 4.98 Å². The first-order chi connectivity index (χ1) is 26.8. The molecule has 11 rings (SSSR count). The second-order valence-corrected chi connectivity index (χ2v) is 14.1. The summed E-state index contributed by atoms with van der Waals surface area (Å²) in [4.78, 5) is 10.1. The van der Waals surface area contributed by atoms with Crippen LogP contribution < -0.4 is 0 Å². The van der Waals surface area contributed by atoms with Crippen molar-refractivity contribution in [1.82, 2.24) is 9.97 Å². The molecule has 0 unspecified atom stereocenters. The number of hydrogen-bond acceptors (Lipinski definition) is 2. The summed E-state index contributed by atoms with van der Waals surface area (Å²) in [6.07, 6.45) is 1.92. The van der Waals surface area contributed by atoms with Gasteiger partial charge in [0, 0.05) is 17.0 Å². The molecule has 2 aromatic heterocycles. The van der Waals surface area contributed by atoms with E-state index in [4.69, 9.17) is 9.97 Å². The smallest absolute Gasteiger partial charge is 0.0972 e. The quantitative estimate of drug-likeness (QED) is 0.136. The summed E-state index contributed by atoms with van der Waals surface area (Å²) < 4.78 is 0. The average Bonchev–Trinajstić information content (AvgIpc) is 3.24. The van der Waals surface area contributed by atoms with Gasteiger partial charge in [0.2, 0.25) is 0 Å². The van der Waals surface area contributed by atoms with Crippen LogP contribution in [-0.2, 0) is 0 Å². The van der Waals surface area contributed by atoms with Gasteiger partial charge in [-0.1, -0.05) is 152 Å². The van der Waals surface area contributed by atoms with Crippen LogP contribution in [0.25, 0.3) is 110 Å². The molecule has 0 aliphatic heterocycles. The number of nitrogens with zero attached hydrogens (tertiary/aromatic N) is 2. The van der Waals surface area contributed by atoms with Crippen molar-refractivity contribution in [3.63, 3.8) is 0 Å². The lowest BCUT2D eigenvalue weighted by Gasteiger charge is -2.19. The first-order valence-electron chi connectivity index (χ1n) is 18.5. The van der Waals surface area contributed by atoms with Crippen molar-refractivity contribution in [2.24, 2.45) is 0 Å². The van der Waals surface area contributed by atoms with E-state index in [0.29, 0.717) is 0 Å². The Kier molecular flexibility index (Phi) is 6.90. The van der Waals surface area contributed by atoms with Gasteiger partial charge in [0.25, 0.3) is 0 Å². The van der Waals surface area contributed by atoms with Gasteiger partial charge in [-0.15, -0.1) is 0 Å². The zero-order chi connectivity index (χ0) is 35.6. The molecule has 0 saturated heterocycles. The van der Waals surface area contributed by atoms with E-state index >= 15 is 0 Å². The van der Waals surface area contributed by atoms with Gasteiger partial charge in [0.05, 0.1) is 16.9 Å². The van der Waals surface area contributed by atoms with E-state index in [1.54, 1.807) is 0 Å². The van der Waals surface area contributed by atoms with Crippen LogP contribution in [0.1, 0.15) is 0 Å². The molecule has 0 amide bonds. The Morgan fingerprint density at radius 3 is 1.48 bits per heavy atom. The third-order valence-corrected chi connectivity index (χ3v) is 11.0. The molecule has 0 spiro atoms. The molecule has 54 heavy (non-hydrogen) atoms. The van der Waals surface area contributed by atoms with Crippen LogP contribution in [0, 0.1) is 0 Å². The van der Waals surface area contributed by atoms with E-state index in [9.17, 15) is 0 Å². The van der Waals surface area contributed by atoms with Crippen LogP contribution in [0.15, 0.2) is 194 Å². The molecular formula is C52H32N2. The summed E-state index contributed by atoms with van der Waals surface area (Å²) in [5.74, 6) is 0. The normalized spacial score (nSPS) is 11.7. The van der Waals surface area contributed by atoms with Crippen LogP contribution in [0.5, 0.6) is 0 Å². The van der Waals surface area contributed by atoms with Gasteiger partial charge in [-0.05, 0) is 118 Å². The summed E-state index contributed by atoms with van der Waals surface area (Å²) in [7, 11) is 0. The molecule has 0 N–H and O–H groups in total. The summed E-state index contributed by atoms with van der Waals surface area (Å²) >= 11 is 0. The minimum Gasteiger partial charge on any atom is -0.255 e. The van der Waals surface area contributed by atoms with Crippen LogP contribution in [-0.4, -0.2) is 9.97 Å². The minimum atomic E-state index is 0.861. The minimum absolute atomic E-state index is 0.861. The van der Waals surface area contributed by atoms with Gasteiger partial charge in [0.1, 0.15) is 0 Å². The number of pyridine rings is 2. The lowest BCUT2D eigenvalue weighted by atomic mass is 9.84. The number of para-hydroxylation sites is 1. The highest BCUT2D eigenvalue weighted by molar-refractivity contribution is 6.22. The zero-order valence-corrected chi connectivity index (χ0v) is 29.4. The second kappa shape index (κ2) is 12.2. The van der Waals surface area contributed by atoms with Crippen LogP contribution in [0.2, 0.25) is 0 Å². The maximum absolute atomic E-state index is 5.18. The van der Waals surface area contributed by atoms with Gasteiger partial charge in [0.15, 0.2) is 0 Å². The molecule has 0 radical (unpaired) electrons. The third-order valence-electron chi connectivity index (χ3n) is 11.0. The van der Waals surface area contributed by atoms with E-state index in [-0.39, 0.29) is 0 Å². The molecule has 2 heteroatoms. The Morgan fingerprint density at radius 2 is 0.796 bits per heavy atom. The fourth-order valence-electron chi connectivity index (χ4n) is 8.51. The molecule has 0 fully saturated rings. The average molecular weight is 685 g/mol. The van der Waals surface area contributed by atoms with Crippen LogP contribution in [0.3, 0.4) is 0 Å². The Morgan fingerprint density at radius 1 is 0.296 bits per heavy atom. The molecule has 0 atom stereocenters. The van der Waals surface area contributed by atoms with Crippen molar-refractivity contribution in [1.29, 1.82) is 0 Å². The molecule has 0 aliphatic carbocycles. The molecule has 0 saturated carbocycles. The molecule has 0 aliphatic rings. The fourth-order valence-corrected chi connectivity index (χ4v) is 8.51. The highest BCUT2D eigenvalue weighted by Crippen LogP contribution is 2.46. The fraction of sp³-hybridized carbons (Fsp3) is 0. The lowest BCUT2D eigenvalue weighted by Crippen LogP contribution is -1.94. The van der Waals surface area contributed by atoms with E-state index < -0.39 is 0 Å². The zero-order valence-electron chi connectivity index (χ0n) is 29.4. The van der Waals surface area contributed by atoms with Crippen molar-refractivity contribution in [3.8, 4) is 44.8 Å². The maximum atomic E-state index is 5.18. The summed E-state index contributed by atoms with van der Waals surface area (Å²) in [5.41, 5.74) is 9.89. The van der Waals surface area contributed by atoms with E-state index in [1.165, 1.54) is 70.7 Å². The number of fused-ring (bicyclic) bond motifs is 7. The molecule has 2 nitrogen and oxygen atoms in total. The van der Waals surface area contributed by atoms with E-state index in [1.807, 2.05) is 6.20 Å². The predicted molar refractivity (Wildman–Crippen MR) is 229 cm³/mol. The molecule has 250 valence electrons. The number of rotatable bonds is 4. The highest BCUT2D eigenvalue weighted by Gasteiger charge is 2.19. The van der Waals surface area contributed by atoms with Gasteiger partial charge < -0.3 is 0 Å². The van der Waals surface area contributed by atoms with E-state index in [2.05, 4.69) is 188 Å². The third kappa shape index (κ3) is 4.88. The molecule has 0 bridgehead atoms. The molecule has 2 heterocycles. The Balaban J connectivity index is 1.18. The van der Waals surface area contributed by atoms with Gasteiger partial charge in [-0.2, -0.15) is 0 Å². The maximum Gasteiger partial charge on any atom is 0.0972 e. The second-order valence-electron chi connectivity index (χ2n) is 14.1. The van der Waals surface area contributed by atoms with Crippen LogP contribution in [0.4, 0.5) is 0 Å². The summed E-state index contributed by atoms with van der Waals surface area (Å²) in [6, 6.07) is 68.1.